The van der Waals surface area contributed by atoms with Crippen LogP contribution in [0.2, 0.25) is 65.4 Å². The number of hydrogen-bond acceptors (Lipinski definition) is 8. The van der Waals surface area contributed by atoms with Crippen LogP contribution in [0.1, 0.15) is 83.1 Å². The highest BCUT2D eigenvalue weighted by Gasteiger charge is 2.54. The average Bonchev–Trinajstić information content (AvgIpc) is 0.735. The fourth-order valence-corrected chi connectivity index (χ4v) is 25.9. The second kappa shape index (κ2) is 52.3. The quantitative estimate of drug-likeness (QED) is 0.0166. The van der Waals surface area contributed by atoms with Crippen molar-refractivity contribution >= 4 is 180 Å². The first kappa shape index (κ1) is 121. The molecule has 8 aromatic carbocycles. The number of rotatable bonds is 36. The molecule has 0 atom stereocenters. The highest BCUT2D eigenvalue weighted by molar-refractivity contribution is 6.91. The van der Waals surface area contributed by atoms with E-state index >= 15 is 43.9 Å². The molecule has 736 valence electrons. The summed E-state index contributed by atoms with van der Waals surface area (Å²) in [5, 5.41) is 5.52. The molecule has 0 unspecified atom stereocenters. The minimum absolute atomic E-state index is 0.279. The first-order chi connectivity index (χ1) is 62.9. The van der Waals surface area contributed by atoms with Gasteiger partial charge in [-0.1, -0.05) is 172 Å². The van der Waals surface area contributed by atoms with Crippen molar-refractivity contribution in [1.82, 2.24) is 0 Å². The predicted molar refractivity (Wildman–Crippen MR) is 429 cm³/mol. The minimum Gasteiger partial charge on any atom is -0.541 e. The van der Waals surface area contributed by atoms with Crippen LogP contribution in [-0.2, 0) is 29.6 Å². The molecule has 0 heterocycles. The van der Waals surface area contributed by atoms with Crippen LogP contribution in [0.25, 0.3) is 0 Å². The Morgan fingerprint density at radius 1 is 0.176 bits per heavy atom. The van der Waals surface area contributed by atoms with E-state index in [4.69, 9.17) is 22.2 Å². The van der Waals surface area contributed by atoms with E-state index in [0.29, 0.717) is 42.3 Å². The van der Waals surface area contributed by atoms with Gasteiger partial charge in [0.15, 0.2) is 233 Å². The van der Waals surface area contributed by atoms with Gasteiger partial charge in [0.2, 0.25) is 0 Å². The van der Waals surface area contributed by atoms with Crippen molar-refractivity contribution in [2.24, 2.45) is 23.7 Å². The second-order valence-corrected chi connectivity index (χ2v) is 49.5. The van der Waals surface area contributed by atoms with E-state index in [1.807, 2.05) is 83.1 Å². The van der Waals surface area contributed by atoms with E-state index in [9.17, 15) is 132 Å². The van der Waals surface area contributed by atoms with Crippen molar-refractivity contribution in [3.8, 4) is 0 Å². The molecule has 0 N–H and O–H groups in total. The SMILES string of the molecule is CC(C)[CH2][Al]([CH2]C(C)C)[O]B([O][Al]([CH2]C(C)C)[CH2]C(C)C)c1c(F)c(F)c(F)c(F)c1F.C[CH2][Al]([CH2]C)[O]B([O][Al]([CH2]C)[CH2]C)c1c(F)c(F)c(F)c(F)c1F.Fc1c(F)c(F)c(B([O][Al]([O]B(c2c(F)c(F)c(F)c(F)c2F)c2c(F)c(F)c(F)c(F)c2F)[c]2c(F)c(F)c(F)c(F)c2F)c2c(F)c(F)c(F)c(F)c2F)c(F)c1F.[CH3][Al]([CH3])[O]B([O][Al]([CH3])[CH3])c1c(F)c(F)c(F)c(F)c1F. The fraction of sp³-hybridized carbons (Fsp3) is 0.368. The van der Waals surface area contributed by atoms with E-state index in [1.165, 1.54) is 0 Å². The van der Waals surface area contributed by atoms with Crippen LogP contribution in [0.5, 0.6) is 0 Å². The molecule has 0 saturated heterocycles. The van der Waals surface area contributed by atoms with E-state index in [0.717, 1.165) is 0 Å². The van der Waals surface area contributed by atoms with Gasteiger partial charge in [0.05, 0.1) is 16.4 Å². The topological polar surface area (TPSA) is 73.8 Å². The van der Waals surface area contributed by atoms with Gasteiger partial charge in [-0.05, 0) is 0 Å². The molecule has 0 aliphatic heterocycles. The molecule has 0 bridgehead atoms. The van der Waals surface area contributed by atoms with Gasteiger partial charge >= 0.3 is 137 Å². The normalized spacial score (nSPS) is 11.4. The summed E-state index contributed by atoms with van der Waals surface area (Å²) in [6.45, 7) is 14.5. The predicted octanol–water partition coefficient (Wildman–Crippen LogP) is 20.0. The van der Waals surface area contributed by atoms with Crippen LogP contribution in [0.15, 0.2) is 0 Å². The summed E-state index contributed by atoms with van der Waals surface area (Å²) in [7, 11) is -4.68. The Hall–Kier alpha value is -5.31. The molecule has 60 heteroatoms. The standard InChI is InChI=1S/2C12BF10O.3C6BF5O2.C6F5.4C4H9.4C2H5.4CH3.7Al/c2*14-3-1(4(15)8(19)11(22)7(3)18)13(24)2-5(16)9(20)12(23)10(21)6(2)17;3*8-2-1(7(13)14)3(9)5(11)6(12)4(2)10;7-2-1-3(8)5(10)6(11)4(2)9;4*1-4(2)3;4*1-2;;;;;;;;;;;/h;;;;;;4*4H,1H2,2-3H3;4*1H2,2H3;4*1H3;;;;;;;/q2*-1;3*-2;;;;;;;;;;;;;;6*+1;+2. The summed E-state index contributed by atoms with van der Waals surface area (Å²) in [5.41, 5.74) is -15.5. The lowest BCUT2D eigenvalue weighted by Gasteiger charge is -2.28. The summed E-state index contributed by atoms with van der Waals surface area (Å²) >= 11 is -18.5. The summed E-state index contributed by atoms with van der Waals surface area (Å²) in [5.74, 6) is -106. The van der Waals surface area contributed by atoms with E-state index < -0.39 is 412 Å². The monoisotopic (exact) mass is 2110 g/mol. The van der Waals surface area contributed by atoms with Crippen LogP contribution >= 0.6 is 0 Å². The fourth-order valence-electron chi connectivity index (χ4n) is 12.9. The molecule has 8 aromatic rings. The highest BCUT2D eigenvalue weighted by Crippen LogP contribution is 2.31. The van der Waals surface area contributed by atoms with E-state index in [2.05, 4.69) is 7.41 Å². The molecule has 0 amide bonds. The Morgan fingerprint density at radius 3 is 0.456 bits per heavy atom. The van der Waals surface area contributed by atoms with E-state index in [-0.39, 0.29) is 23.7 Å². The van der Waals surface area contributed by atoms with Crippen molar-refractivity contribution in [3.05, 3.63) is 233 Å². The zero-order valence-corrected chi connectivity index (χ0v) is 81.4. The Labute approximate surface area is 784 Å². The summed E-state index contributed by atoms with van der Waals surface area (Å²) < 4.78 is 614. The Kier molecular flexibility index (Phi) is 46.6. The molecule has 0 saturated carbocycles. The molecule has 0 radical (unpaired) electrons. The summed E-state index contributed by atoms with van der Waals surface area (Å²) in [6.07, 6.45) is 0. The van der Waals surface area contributed by atoms with Crippen molar-refractivity contribution in [1.29, 1.82) is 0 Å². The number of benzene rings is 8. The largest absolute Gasteiger partial charge is 0.693 e. The molecule has 8 rings (SSSR count). The third-order valence-electron chi connectivity index (χ3n) is 19.3. The van der Waals surface area contributed by atoms with Gasteiger partial charge < -0.3 is 29.6 Å². The highest BCUT2D eigenvalue weighted by atomic mass is 27.2. The van der Waals surface area contributed by atoms with Gasteiger partial charge in [-0.2, -0.15) is 0 Å². The first-order valence-corrected chi connectivity index (χ1v) is 55.8. The Morgan fingerprint density at radius 2 is 0.309 bits per heavy atom. The van der Waals surface area contributed by atoms with Gasteiger partial charge in [0.1, 0.15) is 0 Å². The maximum atomic E-state index is 15.4. The number of halogens is 40. The van der Waals surface area contributed by atoms with Crippen molar-refractivity contribution in [3.63, 3.8) is 0 Å². The Bertz CT molecular complexity index is 5030. The maximum absolute atomic E-state index is 15.4. The molecule has 0 spiro atoms. The van der Waals surface area contributed by atoms with Gasteiger partial charge in [0.25, 0.3) is 0 Å². The lowest BCUT2D eigenvalue weighted by molar-refractivity contribution is 0.370. The van der Waals surface area contributed by atoms with Gasteiger partial charge in [0, 0.05) is 26.3 Å². The molecular formula is C76H68Al7B5F40O8. The van der Waals surface area contributed by atoms with Crippen LogP contribution < -0.4 is 42.7 Å². The molecule has 0 aliphatic carbocycles. The van der Waals surface area contributed by atoms with Gasteiger partial charge in [-0.25, -0.2) is 176 Å². The summed E-state index contributed by atoms with van der Waals surface area (Å²) in [6, 6.07) is 0. The zero-order chi connectivity index (χ0) is 104. The van der Waals surface area contributed by atoms with Crippen LogP contribution in [0.3, 0.4) is 0 Å². The van der Waals surface area contributed by atoms with Crippen LogP contribution in [0, 0.1) is 256 Å². The lowest BCUT2D eigenvalue weighted by atomic mass is 9.54. The van der Waals surface area contributed by atoms with Gasteiger partial charge in [-0.15, -0.1) is 0 Å². The molecule has 0 aliphatic rings. The third-order valence-corrected chi connectivity index (χ3v) is 34.9. The molecular weight excluding hydrogens is 2040 g/mol. The smallest absolute Gasteiger partial charge is 0.541 e. The average molecular weight is 2110 g/mol. The van der Waals surface area contributed by atoms with Gasteiger partial charge in [-0.3, -0.25) is 0 Å². The molecule has 0 aromatic heterocycles. The lowest BCUT2D eigenvalue weighted by Crippen LogP contribution is -2.63. The van der Waals surface area contributed by atoms with Crippen molar-refractivity contribution < 1.29 is 205 Å². The van der Waals surface area contributed by atoms with Crippen molar-refractivity contribution in [2.75, 3.05) is 0 Å². The molecule has 0 fully saturated rings. The third kappa shape index (κ3) is 27.8. The van der Waals surface area contributed by atoms with Crippen LogP contribution in [-0.4, -0.2) is 137 Å². The second-order valence-electron chi connectivity index (χ2n) is 31.8. The number of hydrogen-bond donors (Lipinski definition) is 0. The van der Waals surface area contributed by atoms with Crippen molar-refractivity contribution in [2.45, 2.75) is 148 Å². The summed E-state index contributed by atoms with van der Waals surface area (Å²) in [4.78, 5) is 0. The maximum Gasteiger partial charge on any atom is 0.693 e. The molecule has 8 nitrogen and oxygen atoms in total. The van der Waals surface area contributed by atoms with E-state index in [1.54, 1.807) is 23.1 Å². The minimum atomic E-state index is -6.97. The van der Waals surface area contributed by atoms with Crippen LogP contribution in [0.4, 0.5) is 176 Å². The molecule has 136 heavy (non-hydrogen) atoms. The first-order valence-electron chi connectivity index (χ1n) is 40.3. The Balaban J connectivity index is 0.000000359. The zero-order valence-electron chi connectivity index (χ0n) is 73.3.